The SMILES string of the molecule is CCOc1cc(/C=C2/C(=O)N(C(C)C)C(=O)C(C#N)=C2C)ccc1OCc1ccccc1. The first-order chi connectivity index (χ1) is 15.4. The molecule has 2 aromatic rings. The summed E-state index contributed by atoms with van der Waals surface area (Å²) in [4.78, 5) is 26.7. The molecule has 0 saturated heterocycles. The van der Waals surface area contributed by atoms with Gasteiger partial charge in [0.05, 0.1) is 6.61 Å². The molecular formula is C26H26N2O4. The fourth-order valence-corrected chi connectivity index (χ4v) is 3.47. The molecule has 2 amide bonds. The molecule has 3 rings (SSSR count). The van der Waals surface area contributed by atoms with Crippen LogP contribution >= 0.6 is 0 Å². The Morgan fingerprint density at radius 2 is 1.75 bits per heavy atom. The molecule has 0 aromatic heterocycles. The third-order valence-electron chi connectivity index (χ3n) is 5.10. The van der Waals surface area contributed by atoms with E-state index in [0.29, 0.717) is 41.4 Å². The Balaban J connectivity index is 1.97. The van der Waals surface area contributed by atoms with Gasteiger partial charge in [0, 0.05) is 11.6 Å². The Kier molecular flexibility index (Phi) is 7.11. The standard InChI is InChI=1S/C26H26N2O4/c1-5-31-24-14-20(11-12-23(24)32-16-19-9-7-6-8-10-19)13-21-18(4)22(15-27)26(30)28(17(2)3)25(21)29/h6-14,17H,5,16H2,1-4H3/b21-13+. The summed E-state index contributed by atoms with van der Waals surface area (Å²) in [7, 11) is 0. The molecule has 1 heterocycles. The molecule has 1 aliphatic rings. The summed E-state index contributed by atoms with van der Waals surface area (Å²) >= 11 is 0. The molecule has 0 bridgehead atoms. The van der Waals surface area contributed by atoms with Crippen molar-refractivity contribution >= 4 is 17.9 Å². The maximum atomic E-state index is 13.0. The fourth-order valence-electron chi connectivity index (χ4n) is 3.47. The second-order valence-corrected chi connectivity index (χ2v) is 7.66. The van der Waals surface area contributed by atoms with E-state index in [0.717, 1.165) is 10.5 Å². The number of imide groups is 1. The third-order valence-corrected chi connectivity index (χ3v) is 5.10. The van der Waals surface area contributed by atoms with Crippen LogP contribution < -0.4 is 9.47 Å². The Morgan fingerprint density at radius 1 is 1.03 bits per heavy atom. The van der Waals surface area contributed by atoms with Crippen molar-refractivity contribution in [2.24, 2.45) is 0 Å². The number of nitriles is 1. The first-order valence-corrected chi connectivity index (χ1v) is 10.5. The van der Waals surface area contributed by atoms with E-state index in [4.69, 9.17) is 9.47 Å². The van der Waals surface area contributed by atoms with E-state index in [-0.39, 0.29) is 11.6 Å². The van der Waals surface area contributed by atoms with Crippen LogP contribution in [0.1, 0.15) is 38.8 Å². The minimum Gasteiger partial charge on any atom is -0.490 e. The Morgan fingerprint density at radius 3 is 2.38 bits per heavy atom. The number of nitrogens with zero attached hydrogens (tertiary/aromatic N) is 2. The lowest BCUT2D eigenvalue weighted by molar-refractivity contribution is -0.142. The zero-order chi connectivity index (χ0) is 23.3. The van der Waals surface area contributed by atoms with Crippen molar-refractivity contribution in [3.8, 4) is 17.6 Å². The fraction of sp³-hybridized carbons (Fsp3) is 0.269. The molecule has 1 aliphatic heterocycles. The number of rotatable bonds is 7. The molecule has 0 N–H and O–H groups in total. The van der Waals surface area contributed by atoms with E-state index < -0.39 is 11.8 Å². The molecule has 0 aliphatic carbocycles. The normalized spacial score (nSPS) is 15.4. The van der Waals surface area contributed by atoms with Gasteiger partial charge in [-0.2, -0.15) is 5.26 Å². The number of hydrogen-bond acceptors (Lipinski definition) is 5. The molecule has 0 fully saturated rings. The lowest BCUT2D eigenvalue weighted by atomic mass is 9.93. The van der Waals surface area contributed by atoms with Crippen LogP contribution in [0.4, 0.5) is 0 Å². The maximum absolute atomic E-state index is 13.0. The minimum atomic E-state index is -0.554. The molecule has 0 radical (unpaired) electrons. The van der Waals surface area contributed by atoms with Gasteiger partial charge in [-0.3, -0.25) is 14.5 Å². The summed E-state index contributed by atoms with van der Waals surface area (Å²) in [5.41, 5.74) is 2.42. The number of carbonyl (C=O) groups is 2. The van der Waals surface area contributed by atoms with E-state index >= 15 is 0 Å². The highest BCUT2D eigenvalue weighted by Gasteiger charge is 2.36. The lowest BCUT2D eigenvalue weighted by Crippen LogP contribution is -2.46. The molecule has 0 saturated carbocycles. The second kappa shape index (κ2) is 9.97. The highest BCUT2D eigenvalue weighted by molar-refractivity contribution is 6.19. The minimum absolute atomic E-state index is 0.0163. The highest BCUT2D eigenvalue weighted by Crippen LogP contribution is 2.32. The molecule has 164 valence electrons. The summed E-state index contributed by atoms with van der Waals surface area (Å²) in [6, 6.07) is 16.8. The van der Waals surface area contributed by atoms with Gasteiger partial charge in [0.15, 0.2) is 11.5 Å². The molecule has 2 aromatic carbocycles. The van der Waals surface area contributed by atoms with Crippen molar-refractivity contribution in [3.63, 3.8) is 0 Å². The van der Waals surface area contributed by atoms with E-state index in [1.165, 1.54) is 0 Å². The van der Waals surface area contributed by atoms with Gasteiger partial charge < -0.3 is 9.47 Å². The van der Waals surface area contributed by atoms with Gasteiger partial charge in [0.1, 0.15) is 18.2 Å². The van der Waals surface area contributed by atoms with Gasteiger partial charge >= 0.3 is 0 Å². The Bertz CT molecular complexity index is 1120. The quantitative estimate of drug-likeness (QED) is 0.471. The average Bonchev–Trinajstić information content (AvgIpc) is 2.77. The van der Waals surface area contributed by atoms with Crippen LogP contribution in [0.15, 0.2) is 65.3 Å². The summed E-state index contributed by atoms with van der Waals surface area (Å²) in [6.45, 7) is 7.85. The van der Waals surface area contributed by atoms with E-state index in [9.17, 15) is 14.9 Å². The van der Waals surface area contributed by atoms with E-state index in [2.05, 4.69) is 0 Å². The van der Waals surface area contributed by atoms with Gasteiger partial charge in [-0.25, -0.2) is 0 Å². The molecule has 0 spiro atoms. The van der Waals surface area contributed by atoms with Gasteiger partial charge in [-0.15, -0.1) is 0 Å². The topological polar surface area (TPSA) is 79.6 Å². The number of ether oxygens (including phenoxy) is 2. The summed E-state index contributed by atoms with van der Waals surface area (Å²) < 4.78 is 11.7. The van der Waals surface area contributed by atoms with Crippen LogP contribution in [0, 0.1) is 11.3 Å². The predicted octanol–water partition coefficient (Wildman–Crippen LogP) is 4.66. The van der Waals surface area contributed by atoms with Crippen LogP contribution in [0.5, 0.6) is 11.5 Å². The summed E-state index contributed by atoms with van der Waals surface area (Å²) in [6.07, 6.45) is 1.68. The van der Waals surface area contributed by atoms with Gasteiger partial charge in [0.25, 0.3) is 11.8 Å². The number of hydrogen-bond donors (Lipinski definition) is 0. The lowest BCUT2D eigenvalue weighted by Gasteiger charge is -2.30. The van der Waals surface area contributed by atoms with Gasteiger partial charge in [-0.1, -0.05) is 36.4 Å². The van der Waals surface area contributed by atoms with E-state index in [1.807, 2.05) is 49.4 Å². The van der Waals surface area contributed by atoms with Crippen molar-refractivity contribution in [1.29, 1.82) is 5.26 Å². The third kappa shape index (κ3) is 4.73. The van der Waals surface area contributed by atoms with Crippen LogP contribution in [0.3, 0.4) is 0 Å². The second-order valence-electron chi connectivity index (χ2n) is 7.66. The highest BCUT2D eigenvalue weighted by atomic mass is 16.5. The molecular weight excluding hydrogens is 404 g/mol. The largest absolute Gasteiger partial charge is 0.490 e. The Labute approximate surface area is 188 Å². The van der Waals surface area contributed by atoms with Crippen molar-refractivity contribution in [2.45, 2.75) is 40.3 Å². The average molecular weight is 431 g/mol. The van der Waals surface area contributed by atoms with Gasteiger partial charge in [-0.05, 0) is 62.6 Å². The zero-order valence-electron chi connectivity index (χ0n) is 18.7. The number of carbonyl (C=O) groups excluding carboxylic acids is 2. The van der Waals surface area contributed by atoms with Crippen LogP contribution in [0.25, 0.3) is 6.08 Å². The van der Waals surface area contributed by atoms with Crippen molar-refractivity contribution in [1.82, 2.24) is 4.90 Å². The van der Waals surface area contributed by atoms with Crippen LogP contribution in [-0.2, 0) is 16.2 Å². The monoisotopic (exact) mass is 430 g/mol. The first-order valence-electron chi connectivity index (χ1n) is 10.5. The summed E-state index contributed by atoms with van der Waals surface area (Å²) in [5.74, 6) is 0.183. The molecule has 0 atom stereocenters. The zero-order valence-corrected chi connectivity index (χ0v) is 18.7. The first kappa shape index (κ1) is 22.8. The van der Waals surface area contributed by atoms with E-state index in [1.54, 1.807) is 39.0 Å². The molecule has 6 nitrogen and oxygen atoms in total. The number of amides is 2. The van der Waals surface area contributed by atoms with Gasteiger partial charge in [0.2, 0.25) is 0 Å². The smallest absolute Gasteiger partial charge is 0.271 e. The molecule has 6 heteroatoms. The van der Waals surface area contributed by atoms with Crippen LogP contribution in [-0.4, -0.2) is 29.4 Å². The van der Waals surface area contributed by atoms with Crippen LogP contribution in [0.2, 0.25) is 0 Å². The summed E-state index contributed by atoms with van der Waals surface area (Å²) in [5, 5.41) is 9.47. The predicted molar refractivity (Wildman–Crippen MR) is 122 cm³/mol. The molecule has 32 heavy (non-hydrogen) atoms. The van der Waals surface area contributed by atoms with Crippen molar-refractivity contribution in [3.05, 3.63) is 76.4 Å². The maximum Gasteiger partial charge on any atom is 0.271 e. The van der Waals surface area contributed by atoms with Crippen molar-refractivity contribution in [2.75, 3.05) is 6.61 Å². The number of benzene rings is 2. The Hall–Kier alpha value is -3.85. The molecule has 0 unspecified atom stereocenters. The van der Waals surface area contributed by atoms with Crippen molar-refractivity contribution < 1.29 is 19.1 Å².